The van der Waals surface area contributed by atoms with Gasteiger partial charge in [-0.05, 0) is 55.2 Å². The number of fused-ring (bicyclic) bond motifs is 1. The number of likely N-dealkylation sites (N-methyl/N-ethyl adjacent to an activating group) is 1. The Morgan fingerprint density at radius 2 is 1.89 bits per heavy atom. The summed E-state index contributed by atoms with van der Waals surface area (Å²) in [5.41, 5.74) is 1.63. The van der Waals surface area contributed by atoms with Crippen LogP contribution in [0.3, 0.4) is 0 Å². The van der Waals surface area contributed by atoms with Gasteiger partial charge in [0.1, 0.15) is 22.5 Å². The zero-order chi connectivity index (χ0) is 27.4. The van der Waals surface area contributed by atoms with E-state index in [1.54, 1.807) is 44.2 Å². The second kappa shape index (κ2) is 12.0. The van der Waals surface area contributed by atoms with Crippen LogP contribution in [0.1, 0.15) is 26.7 Å². The van der Waals surface area contributed by atoms with Crippen LogP contribution in [-0.4, -0.2) is 87.9 Å². The predicted molar refractivity (Wildman–Crippen MR) is 144 cm³/mol. The van der Waals surface area contributed by atoms with E-state index >= 15 is 0 Å². The van der Waals surface area contributed by atoms with Gasteiger partial charge in [0.2, 0.25) is 15.9 Å². The summed E-state index contributed by atoms with van der Waals surface area (Å²) in [5, 5.41) is 9.87. The molecular weight excluding hydrogens is 508 g/mol. The Kier molecular flexibility index (Phi) is 8.97. The fourth-order valence-corrected chi connectivity index (χ4v) is 6.87. The first-order valence-electron chi connectivity index (χ1n) is 13.1. The van der Waals surface area contributed by atoms with Crippen molar-refractivity contribution in [2.24, 2.45) is 11.8 Å². The van der Waals surface area contributed by atoms with Gasteiger partial charge in [0.15, 0.2) is 0 Å². The number of hydrogen-bond acceptors (Lipinski definition) is 7. The molecule has 2 aromatic carbocycles. The second-order valence-electron chi connectivity index (χ2n) is 10.2. The minimum Gasteiger partial charge on any atom is -0.497 e. The monoisotopic (exact) mass is 546 g/mol. The van der Waals surface area contributed by atoms with Crippen LogP contribution in [-0.2, 0) is 19.6 Å². The van der Waals surface area contributed by atoms with Gasteiger partial charge < -0.3 is 24.2 Å². The molecule has 2 aliphatic heterocycles. The summed E-state index contributed by atoms with van der Waals surface area (Å²) < 4.78 is 46.1. The highest BCUT2D eigenvalue weighted by atomic mass is 32.2. The second-order valence-corrected chi connectivity index (χ2v) is 12.1. The molecule has 2 heterocycles. The van der Waals surface area contributed by atoms with Crippen LogP contribution in [0, 0.1) is 11.8 Å². The van der Waals surface area contributed by atoms with Gasteiger partial charge in [-0.15, -0.1) is 0 Å². The standard InChI is InChI=1S/C28H38N2O7S/c1-19-16-30(20(2)18-31)38(33,34)27-9-8-23(22-6-5-7-24(14-22)35-4)15-25(27)37-26(19)17-29(3)28(32)21-10-12-36-13-11-21/h5-9,14-15,19-21,26,31H,10-13,16-18H2,1-4H3/t19-,20-,26-/m1/s1. The van der Waals surface area contributed by atoms with Crippen molar-refractivity contribution in [2.45, 2.75) is 43.7 Å². The molecule has 0 aromatic heterocycles. The van der Waals surface area contributed by atoms with Gasteiger partial charge in [-0.1, -0.05) is 25.1 Å². The van der Waals surface area contributed by atoms with E-state index in [1.807, 2.05) is 31.2 Å². The van der Waals surface area contributed by atoms with Crippen LogP contribution in [0.15, 0.2) is 47.4 Å². The number of benzene rings is 2. The molecule has 1 amide bonds. The molecule has 208 valence electrons. The number of nitrogens with zero attached hydrogens (tertiary/aromatic N) is 2. The van der Waals surface area contributed by atoms with Gasteiger partial charge >= 0.3 is 0 Å². The number of amides is 1. The van der Waals surface area contributed by atoms with Crippen molar-refractivity contribution < 1.29 is 32.5 Å². The van der Waals surface area contributed by atoms with Gasteiger partial charge in [0.25, 0.3) is 0 Å². The molecule has 1 fully saturated rings. The van der Waals surface area contributed by atoms with Crippen LogP contribution >= 0.6 is 0 Å². The Balaban J connectivity index is 1.72. The molecular formula is C28H38N2O7S. The van der Waals surface area contributed by atoms with Crippen LogP contribution in [0.25, 0.3) is 11.1 Å². The van der Waals surface area contributed by atoms with Gasteiger partial charge in [-0.25, -0.2) is 8.42 Å². The molecule has 0 bridgehead atoms. The number of ether oxygens (including phenoxy) is 3. The van der Waals surface area contributed by atoms with Gasteiger partial charge in [0.05, 0.1) is 20.3 Å². The van der Waals surface area contributed by atoms with Crippen LogP contribution in [0.4, 0.5) is 0 Å². The lowest BCUT2D eigenvalue weighted by molar-refractivity contribution is -0.138. The van der Waals surface area contributed by atoms with Crippen LogP contribution < -0.4 is 9.47 Å². The van der Waals surface area contributed by atoms with E-state index in [0.29, 0.717) is 38.3 Å². The molecule has 9 nitrogen and oxygen atoms in total. The van der Waals surface area contributed by atoms with E-state index in [4.69, 9.17) is 14.2 Å². The lowest BCUT2D eigenvalue weighted by Crippen LogP contribution is -2.50. The molecule has 2 aromatic rings. The summed E-state index contributed by atoms with van der Waals surface area (Å²) in [6.07, 6.45) is 0.917. The molecule has 4 rings (SSSR count). The molecule has 0 spiro atoms. The Morgan fingerprint density at radius 1 is 1.18 bits per heavy atom. The quantitative estimate of drug-likeness (QED) is 0.569. The summed E-state index contributed by atoms with van der Waals surface area (Å²) in [6, 6.07) is 11.9. The SMILES string of the molecule is COc1cccc(-c2ccc3c(c2)O[C@H](CN(C)C(=O)C2CCOCC2)[C@H](C)CN([C@H](C)CO)S3(=O)=O)c1. The summed E-state index contributed by atoms with van der Waals surface area (Å²) in [7, 11) is -0.592. The number of carbonyl (C=O) groups excluding carboxylic acids is 1. The normalized spacial score (nSPS) is 22.9. The summed E-state index contributed by atoms with van der Waals surface area (Å²) in [6.45, 7) is 4.91. The average Bonchev–Trinajstić information content (AvgIpc) is 2.94. The predicted octanol–water partition coefficient (Wildman–Crippen LogP) is 3.02. The highest BCUT2D eigenvalue weighted by molar-refractivity contribution is 7.89. The molecule has 0 aliphatic carbocycles. The number of sulfonamides is 1. The maximum absolute atomic E-state index is 13.8. The number of rotatable bonds is 7. The van der Waals surface area contributed by atoms with Gasteiger partial charge in [-0.2, -0.15) is 4.31 Å². The first-order valence-corrected chi connectivity index (χ1v) is 14.5. The van der Waals surface area contributed by atoms with Crippen molar-refractivity contribution in [1.82, 2.24) is 9.21 Å². The minimum atomic E-state index is -3.95. The summed E-state index contributed by atoms with van der Waals surface area (Å²) >= 11 is 0. The lowest BCUT2D eigenvalue weighted by Gasteiger charge is -2.38. The average molecular weight is 547 g/mol. The topological polar surface area (TPSA) is 106 Å². The van der Waals surface area contributed by atoms with E-state index in [-0.39, 0.29) is 41.5 Å². The van der Waals surface area contributed by atoms with Crippen molar-refractivity contribution >= 4 is 15.9 Å². The van der Waals surface area contributed by atoms with E-state index in [1.165, 1.54) is 4.31 Å². The highest BCUT2D eigenvalue weighted by Crippen LogP contribution is 2.37. The molecule has 3 atom stereocenters. The van der Waals surface area contributed by atoms with Crippen molar-refractivity contribution in [2.75, 3.05) is 47.1 Å². The molecule has 1 saturated heterocycles. The third kappa shape index (κ3) is 5.98. The number of aliphatic hydroxyl groups excluding tert-OH is 1. The number of carbonyl (C=O) groups is 1. The van der Waals surface area contributed by atoms with Crippen molar-refractivity contribution in [3.63, 3.8) is 0 Å². The Hall–Kier alpha value is -2.66. The Bertz CT molecular complexity index is 1230. The largest absolute Gasteiger partial charge is 0.497 e. The molecule has 10 heteroatoms. The maximum atomic E-state index is 13.8. The Labute approximate surface area is 225 Å². The molecule has 38 heavy (non-hydrogen) atoms. The first-order chi connectivity index (χ1) is 18.1. The smallest absolute Gasteiger partial charge is 0.247 e. The molecule has 0 unspecified atom stereocenters. The van der Waals surface area contributed by atoms with Crippen LogP contribution in [0.2, 0.25) is 0 Å². The van der Waals surface area contributed by atoms with Gasteiger partial charge in [-0.3, -0.25) is 4.79 Å². The molecule has 0 saturated carbocycles. The lowest BCUT2D eigenvalue weighted by atomic mass is 9.97. The highest BCUT2D eigenvalue weighted by Gasteiger charge is 2.39. The minimum absolute atomic E-state index is 0.0414. The fourth-order valence-electron chi connectivity index (χ4n) is 5.04. The van der Waals surface area contributed by atoms with Crippen LogP contribution in [0.5, 0.6) is 11.5 Å². The van der Waals surface area contributed by atoms with E-state index in [2.05, 4.69) is 0 Å². The van der Waals surface area contributed by atoms with E-state index < -0.39 is 22.2 Å². The molecule has 2 aliphatic rings. The van der Waals surface area contributed by atoms with Crippen molar-refractivity contribution in [1.29, 1.82) is 0 Å². The third-order valence-electron chi connectivity index (χ3n) is 7.47. The molecule has 1 N–H and O–H groups in total. The summed E-state index contributed by atoms with van der Waals surface area (Å²) in [4.78, 5) is 14.9. The van der Waals surface area contributed by atoms with Crippen molar-refractivity contribution in [3.8, 4) is 22.6 Å². The maximum Gasteiger partial charge on any atom is 0.247 e. The van der Waals surface area contributed by atoms with E-state index in [0.717, 1.165) is 11.1 Å². The zero-order valence-electron chi connectivity index (χ0n) is 22.5. The Morgan fingerprint density at radius 3 is 2.58 bits per heavy atom. The van der Waals surface area contributed by atoms with Gasteiger partial charge in [0, 0.05) is 44.7 Å². The zero-order valence-corrected chi connectivity index (χ0v) is 23.3. The first kappa shape index (κ1) is 28.4. The number of aliphatic hydroxyl groups is 1. The van der Waals surface area contributed by atoms with Crippen molar-refractivity contribution in [3.05, 3.63) is 42.5 Å². The molecule has 0 radical (unpaired) electrons. The number of methoxy groups -OCH3 is 1. The number of hydrogen-bond donors (Lipinski definition) is 1. The van der Waals surface area contributed by atoms with E-state index in [9.17, 15) is 18.3 Å². The third-order valence-corrected chi connectivity index (χ3v) is 9.49. The summed E-state index contributed by atoms with van der Waals surface area (Å²) in [5.74, 6) is 0.618. The fraction of sp³-hybridized carbons (Fsp3) is 0.536.